The van der Waals surface area contributed by atoms with Crippen LogP contribution in [0.3, 0.4) is 0 Å². The minimum absolute atomic E-state index is 0.314. The first-order valence-corrected chi connectivity index (χ1v) is 6.43. The number of nitrogens with one attached hydrogen (secondary N) is 1. The fourth-order valence-electron chi connectivity index (χ4n) is 1.94. The van der Waals surface area contributed by atoms with Gasteiger partial charge in [0.05, 0.1) is 5.56 Å². The molecule has 0 heterocycles. The van der Waals surface area contributed by atoms with E-state index in [0.29, 0.717) is 5.69 Å². The quantitative estimate of drug-likeness (QED) is 0.937. The van der Waals surface area contributed by atoms with Crippen molar-refractivity contribution in [2.24, 2.45) is 0 Å². The molecule has 0 aliphatic heterocycles. The molecule has 2 rings (SSSR count). The maximum Gasteiger partial charge on any atom is 0.258 e. The lowest BCUT2D eigenvalue weighted by molar-refractivity contribution is 0.102. The van der Waals surface area contributed by atoms with Crippen LogP contribution in [0.1, 0.15) is 15.9 Å². The van der Waals surface area contributed by atoms with Crippen molar-refractivity contribution >= 4 is 17.3 Å². The van der Waals surface area contributed by atoms with Gasteiger partial charge in [-0.25, -0.2) is 8.78 Å². The molecule has 21 heavy (non-hydrogen) atoms. The summed E-state index contributed by atoms with van der Waals surface area (Å²) in [7, 11) is 3.82. The molecule has 5 heteroatoms. The van der Waals surface area contributed by atoms with E-state index in [1.165, 1.54) is 12.1 Å². The molecule has 0 spiro atoms. The van der Waals surface area contributed by atoms with E-state index in [1.54, 1.807) is 6.07 Å². The Morgan fingerprint density at radius 2 is 1.86 bits per heavy atom. The number of hydrogen-bond acceptors (Lipinski definition) is 2. The first-order valence-electron chi connectivity index (χ1n) is 6.43. The van der Waals surface area contributed by atoms with Gasteiger partial charge in [0.1, 0.15) is 0 Å². The normalized spacial score (nSPS) is 10.3. The molecule has 110 valence electrons. The molecule has 0 unspecified atom stereocenters. The smallest absolute Gasteiger partial charge is 0.258 e. The Morgan fingerprint density at radius 3 is 2.48 bits per heavy atom. The molecule has 2 aromatic carbocycles. The number of rotatable bonds is 3. The predicted molar refractivity (Wildman–Crippen MR) is 79.8 cm³/mol. The highest BCUT2D eigenvalue weighted by atomic mass is 19.2. The highest BCUT2D eigenvalue weighted by molar-refractivity contribution is 6.04. The highest BCUT2D eigenvalue weighted by Gasteiger charge is 2.15. The SMILES string of the molecule is Cc1cc(N(C)C)ccc1NC(=O)c1cccc(F)c1F. The molecule has 0 bridgehead atoms. The Hall–Kier alpha value is -2.43. The van der Waals surface area contributed by atoms with Gasteiger partial charge in [-0.3, -0.25) is 4.79 Å². The number of nitrogens with zero attached hydrogens (tertiary/aromatic N) is 1. The molecule has 0 fully saturated rings. The molecule has 0 atom stereocenters. The Balaban J connectivity index is 2.26. The molecular formula is C16H16F2N2O. The summed E-state index contributed by atoms with van der Waals surface area (Å²) in [5.74, 6) is -2.85. The first-order chi connectivity index (χ1) is 9.90. The van der Waals surface area contributed by atoms with Gasteiger partial charge in [-0.15, -0.1) is 0 Å². The van der Waals surface area contributed by atoms with Crippen LogP contribution in [0.4, 0.5) is 20.2 Å². The van der Waals surface area contributed by atoms with E-state index >= 15 is 0 Å². The minimum atomic E-state index is -1.14. The van der Waals surface area contributed by atoms with Crippen molar-refractivity contribution < 1.29 is 13.6 Å². The molecule has 0 aromatic heterocycles. The lowest BCUT2D eigenvalue weighted by Crippen LogP contribution is -2.16. The number of hydrogen-bond donors (Lipinski definition) is 1. The van der Waals surface area contributed by atoms with Gasteiger partial charge in [0.25, 0.3) is 5.91 Å². The van der Waals surface area contributed by atoms with Crippen molar-refractivity contribution in [3.8, 4) is 0 Å². The van der Waals surface area contributed by atoms with Crippen LogP contribution in [0, 0.1) is 18.6 Å². The predicted octanol–water partition coefficient (Wildman–Crippen LogP) is 3.59. The van der Waals surface area contributed by atoms with Crippen LogP contribution < -0.4 is 10.2 Å². The summed E-state index contributed by atoms with van der Waals surface area (Å²) in [6.07, 6.45) is 0. The molecule has 0 aliphatic rings. The fourth-order valence-corrected chi connectivity index (χ4v) is 1.94. The zero-order valence-electron chi connectivity index (χ0n) is 12.1. The van der Waals surface area contributed by atoms with Crippen molar-refractivity contribution in [1.29, 1.82) is 0 Å². The van der Waals surface area contributed by atoms with Gasteiger partial charge in [0.15, 0.2) is 11.6 Å². The maximum atomic E-state index is 13.6. The second-order valence-electron chi connectivity index (χ2n) is 4.95. The van der Waals surface area contributed by atoms with Gasteiger partial charge in [-0.05, 0) is 42.8 Å². The van der Waals surface area contributed by atoms with Crippen LogP contribution in [0.5, 0.6) is 0 Å². The Morgan fingerprint density at radius 1 is 1.14 bits per heavy atom. The number of carbonyl (C=O) groups is 1. The maximum absolute atomic E-state index is 13.6. The highest BCUT2D eigenvalue weighted by Crippen LogP contribution is 2.22. The van der Waals surface area contributed by atoms with Crippen LogP contribution >= 0.6 is 0 Å². The van der Waals surface area contributed by atoms with E-state index in [-0.39, 0.29) is 5.56 Å². The molecule has 3 nitrogen and oxygen atoms in total. The van der Waals surface area contributed by atoms with E-state index < -0.39 is 17.5 Å². The number of benzene rings is 2. The standard InChI is InChI=1S/C16H16F2N2O/c1-10-9-11(20(2)3)7-8-14(10)19-16(21)12-5-4-6-13(17)15(12)18/h4-9H,1-3H3,(H,19,21). The van der Waals surface area contributed by atoms with Crippen LogP contribution in [-0.2, 0) is 0 Å². The monoisotopic (exact) mass is 290 g/mol. The zero-order chi connectivity index (χ0) is 15.6. The summed E-state index contributed by atoms with van der Waals surface area (Å²) < 4.78 is 26.7. The summed E-state index contributed by atoms with van der Waals surface area (Å²) in [6.45, 7) is 1.84. The van der Waals surface area contributed by atoms with Gasteiger partial charge in [-0.2, -0.15) is 0 Å². The number of amides is 1. The zero-order valence-corrected chi connectivity index (χ0v) is 12.1. The molecule has 0 aliphatic carbocycles. The number of carbonyl (C=O) groups excluding carboxylic acids is 1. The summed E-state index contributed by atoms with van der Waals surface area (Å²) >= 11 is 0. The van der Waals surface area contributed by atoms with Crippen LogP contribution in [-0.4, -0.2) is 20.0 Å². The van der Waals surface area contributed by atoms with Gasteiger partial charge in [-0.1, -0.05) is 6.07 Å². The summed E-state index contributed by atoms with van der Waals surface area (Å²) in [4.78, 5) is 14.0. The van der Waals surface area contributed by atoms with Crippen molar-refractivity contribution in [2.75, 3.05) is 24.3 Å². The fraction of sp³-hybridized carbons (Fsp3) is 0.188. The molecule has 1 amide bonds. The van der Waals surface area contributed by atoms with Gasteiger partial charge < -0.3 is 10.2 Å². The molecule has 0 radical (unpaired) electrons. The lowest BCUT2D eigenvalue weighted by atomic mass is 10.1. The first kappa shape index (κ1) is 15.0. The van der Waals surface area contributed by atoms with Crippen molar-refractivity contribution in [3.63, 3.8) is 0 Å². The summed E-state index contributed by atoms with van der Waals surface area (Å²) in [6, 6.07) is 9.00. The van der Waals surface area contributed by atoms with Crippen molar-refractivity contribution in [1.82, 2.24) is 0 Å². The Kier molecular flexibility index (Phi) is 4.21. The lowest BCUT2D eigenvalue weighted by Gasteiger charge is -2.15. The van der Waals surface area contributed by atoms with Crippen LogP contribution in [0.15, 0.2) is 36.4 Å². The molecule has 0 saturated carbocycles. The molecule has 2 aromatic rings. The van der Waals surface area contributed by atoms with Crippen molar-refractivity contribution in [3.05, 3.63) is 59.2 Å². The van der Waals surface area contributed by atoms with E-state index in [2.05, 4.69) is 5.32 Å². The van der Waals surface area contributed by atoms with Crippen LogP contribution in [0.2, 0.25) is 0 Å². The van der Waals surface area contributed by atoms with Gasteiger partial charge >= 0.3 is 0 Å². The van der Waals surface area contributed by atoms with E-state index in [4.69, 9.17) is 0 Å². The summed E-state index contributed by atoms with van der Waals surface area (Å²) in [5, 5.41) is 2.60. The van der Waals surface area contributed by atoms with Gasteiger partial charge in [0.2, 0.25) is 0 Å². The number of halogens is 2. The average molecular weight is 290 g/mol. The second kappa shape index (κ2) is 5.91. The number of anilines is 2. The summed E-state index contributed by atoms with van der Waals surface area (Å²) in [5.41, 5.74) is 2.08. The minimum Gasteiger partial charge on any atom is -0.378 e. The second-order valence-corrected chi connectivity index (χ2v) is 4.95. The third kappa shape index (κ3) is 3.18. The molecule has 0 saturated heterocycles. The van der Waals surface area contributed by atoms with E-state index in [0.717, 1.165) is 17.3 Å². The third-order valence-electron chi connectivity index (χ3n) is 3.17. The van der Waals surface area contributed by atoms with Crippen LogP contribution in [0.25, 0.3) is 0 Å². The van der Waals surface area contributed by atoms with Gasteiger partial charge in [0, 0.05) is 25.5 Å². The van der Waals surface area contributed by atoms with Crippen molar-refractivity contribution in [2.45, 2.75) is 6.92 Å². The Bertz CT molecular complexity index is 684. The molecule has 1 N–H and O–H groups in total. The molecular weight excluding hydrogens is 274 g/mol. The Labute approximate surface area is 122 Å². The van der Waals surface area contributed by atoms with E-state index in [9.17, 15) is 13.6 Å². The number of aryl methyl sites for hydroxylation is 1. The largest absolute Gasteiger partial charge is 0.378 e. The third-order valence-corrected chi connectivity index (χ3v) is 3.17. The van der Waals surface area contributed by atoms with E-state index in [1.807, 2.05) is 38.1 Å². The topological polar surface area (TPSA) is 32.3 Å². The average Bonchev–Trinajstić information content (AvgIpc) is 2.43.